The number of aliphatic hydroxyl groups is 1. The van der Waals surface area contributed by atoms with E-state index in [0.29, 0.717) is 29.8 Å². The van der Waals surface area contributed by atoms with E-state index in [-0.39, 0.29) is 18.1 Å². The number of carbonyl (C=O) groups excluding carboxylic acids is 1. The molecule has 0 saturated carbocycles. The van der Waals surface area contributed by atoms with Crippen molar-refractivity contribution < 1.29 is 19.0 Å². The summed E-state index contributed by atoms with van der Waals surface area (Å²) in [5, 5.41) is 13.7. The van der Waals surface area contributed by atoms with Crippen LogP contribution in [0.1, 0.15) is 29.6 Å². The van der Waals surface area contributed by atoms with Crippen molar-refractivity contribution in [2.75, 3.05) is 48.4 Å². The van der Waals surface area contributed by atoms with E-state index in [2.05, 4.69) is 20.2 Å². The Morgan fingerprint density at radius 3 is 2.66 bits per heavy atom. The standard InChI is InChI=1S/C29H30FN5O3/c1-34(15-16-36)29-31-12-11-27(33-29)38-26-10-9-25(23-7-3-4-8-24(23)26)32-28(37)20-17-21(30)19-22(18-20)35-13-5-2-6-14-35/h3-4,7-12,17-19,36H,2,5-6,13-16H2,1H3,(H,32,37). The van der Waals surface area contributed by atoms with E-state index >= 15 is 0 Å². The highest BCUT2D eigenvalue weighted by Gasteiger charge is 2.17. The van der Waals surface area contributed by atoms with Crippen LogP contribution in [0, 0.1) is 5.82 Å². The molecule has 4 aromatic rings. The molecular weight excluding hydrogens is 485 g/mol. The lowest BCUT2D eigenvalue weighted by atomic mass is 10.1. The van der Waals surface area contributed by atoms with Crippen LogP contribution in [-0.4, -0.2) is 54.3 Å². The molecular formula is C29H30FN5O3. The molecule has 8 nitrogen and oxygen atoms in total. The van der Waals surface area contributed by atoms with Crippen LogP contribution < -0.4 is 19.9 Å². The summed E-state index contributed by atoms with van der Waals surface area (Å²) in [7, 11) is 1.79. The molecule has 38 heavy (non-hydrogen) atoms. The maximum Gasteiger partial charge on any atom is 0.255 e. The van der Waals surface area contributed by atoms with E-state index in [0.717, 1.165) is 42.4 Å². The van der Waals surface area contributed by atoms with E-state index in [4.69, 9.17) is 4.74 Å². The number of aliphatic hydroxyl groups excluding tert-OH is 1. The minimum absolute atomic E-state index is 0.0159. The summed E-state index contributed by atoms with van der Waals surface area (Å²) in [6.07, 6.45) is 4.90. The second-order valence-electron chi connectivity index (χ2n) is 9.30. The number of halogens is 1. The summed E-state index contributed by atoms with van der Waals surface area (Å²) in [6.45, 7) is 2.11. The van der Waals surface area contributed by atoms with Crippen molar-refractivity contribution in [3.63, 3.8) is 0 Å². The fourth-order valence-corrected chi connectivity index (χ4v) is 4.64. The lowest BCUT2D eigenvalue weighted by molar-refractivity contribution is 0.102. The number of aromatic nitrogens is 2. The molecule has 0 spiro atoms. The van der Waals surface area contributed by atoms with Crippen LogP contribution in [0.4, 0.5) is 21.7 Å². The van der Waals surface area contributed by atoms with Crippen LogP contribution in [0.15, 0.2) is 66.9 Å². The van der Waals surface area contributed by atoms with E-state index in [1.807, 2.05) is 24.3 Å². The Morgan fingerprint density at radius 2 is 1.87 bits per heavy atom. The van der Waals surface area contributed by atoms with Crippen LogP contribution >= 0.6 is 0 Å². The quantitative estimate of drug-likeness (QED) is 0.332. The summed E-state index contributed by atoms with van der Waals surface area (Å²) >= 11 is 0. The summed E-state index contributed by atoms with van der Waals surface area (Å²) in [4.78, 5) is 25.7. The maximum absolute atomic E-state index is 14.5. The number of rotatable bonds is 8. The Bertz CT molecular complexity index is 1440. The minimum atomic E-state index is -0.430. The first kappa shape index (κ1) is 25.4. The van der Waals surface area contributed by atoms with Crippen LogP contribution in [0.25, 0.3) is 10.8 Å². The third-order valence-electron chi connectivity index (χ3n) is 6.61. The van der Waals surface area contributed by atoms with Gasteiger partial charge in [0.05, 0.1) is 6.61 Å². The Hall–Kier alpha value is -4.24. The molecule has 1 amide bonds. The van der Waals surface area contributed by atoms with Crippen molar-refractivity contribution >= 4 is 34.0 Å². The number of ether oxygens (including phenoxy) is 1. The molecule has 3 aromatic carbocycles. The van der Waals surface area contributed by atoms with E-state index in [1.165, 1.54) is 18.6 Å². The van der Waals surface area contributed by atoms with Gasteiger partial charge < -0.3 is 25.0 Å². The Balaban J connectivity index is 1.40. The molecule has 1 fully saturated rings. The van der Waals surface area contributed by atoms with Gasteiger partial charge in [-0.1, -0.05) is 24.3 Å². The predicted molar refractivity (Wildman–Crippen MR) is 147 cm³/mol. The van der Waals surface area contributed by atoms with Gasteiger partial charge in [-0.05, 0) is 49.6 Å². The lowest BCUT2D eigenvalue weighted by Gasteiger charge is -2.29. The number of carbonyl (C=O) groups is 1. The van der Waals surface area contributed by atoms with Crippen molar-refractivity contribution in [3.05, 3.63) is 78.2 Å². The Morgan fingerprint density at radius 1 is 1.08 bits per heavy atom. The van der Waals surface area contributed by atoms with Gasteiger partial charge in [0, 0.05) is 66.7 Å². The van der Waals surface area contributed by atoms with Crippen molar-refractivity contribution in [2.24, 2.45) is 0 Å². The number of nitrogens with one attached hydrogen (secondary N) is 1. The number of benzene rings is 3. The fraction of sp³-hybridized carbons (Fsp3) is 0.276. The Kier molecular flexibility index (Phi) is 7.65. The fourth-order valence-electron chi connectivity index (χ4n) is 4.64. The molecule has 196 valence electrons. The summed E-state index contributed by atoms with van der Waals surface area (Å²) < 4.78 is 20.6. The molecule has 1 aliphatic heterocycles. The number of likely N-dealkylation sites (N-methyl/N-ethyl adjacent to an activating group) is 1. The number of hydrogen-bond donors (Lipinski definition) is 2. The van der Waals surface area contributed by atoms with Crippen molar-refractivity contribution in [1.82, 2.24) is 9.97 Å². The zero-order valence-corrected chi connectivity index (χ0v) is 21.2. The maximum atomic E-state index is 14.5. The monoisotopic (exact) mass is 515 g/mol. The number of anilines is 3. The summed E-state index contributed by atoms with van der Waals surface area (Å²) in [5.74, 6) is 0.538. The van der Waals surface area contributed by atoms with Gasteiger partial charge in [-0.2, -0.15) is 4.98 Å². The molecule has 1 saturated heterocycles. The number of hydrogen-bond acceptors (Lipinski definition) is 7. The van der Waals surface area contributed by atoms with Gasteiger partial charge in [-0.25, -0.2) is 9.37 Å². The summed E-state index contributed by atoms with van der Waals surface area (Å²) in [6, 6.07) is 17.3. The van der Waals surface area contributed by atoms with E-state index in [9.17, 15) is 14.3 Å². The van der Waals surface area contributed by atoms with E-state index in [1.54, 1.807) is 42.4 Å². The minimum Gasteiger partial charge on any atom is -0.438 e. The number of piperidine rings is 1. The van der Waals surface area contributed by atoms with Crippen molar-refractivity contribution in [2.45, 2.75) is 19.3 Å². The predicted octanol–water partition coefficient (Wildman–Crippen LogP) is 5.23. The van der Waals surface area contributed by atoms with Crippen molar-refractivity contribution in [1.29, 1.82) is 0 Å². The number of amides is 1. The third-order valence-corrected chi connectivity index (χ3v) is 6.61. The van der Waals surface area contributed by atoms with Crippen LogP contribution in [0.2, 0.25) is 0 Å². The van der Waals surface area contributed by atoms with Gasteiger partial charge in [-0.15, -0.1) is 0 Å². The highest BCUT2D eigenvalue weighted by Crippen LogP contribution is 2.34. The van der Waals surface area contributed by atoms with Crippen LogP contribution in [-0.2, 0) is 0 Å². The van der Waals surface area contributed by atoms with Crippen molar-refractivity contribution in [3.8, 4) is 11.6 Å². The number of nitrogens with zero attached hydrogens (tertiary/aromatic N) is 4. The normalized spacial score (nSPS) is 13.4. The first-order chi connectivity index (χ1) is 18.5. The zero-order valence-electron chi connectivity index (χ0n) is 21.2. The molecule has 1 aliphatic rings. The molecule has 5 rings (SSSR count). The average molecular weight is 516 g/mol. The molecule has 0 radical (unpaired) electrons. The molecule has 0 atom stereocenters. The Labute approximate surface area is 220 Å². The lowest BCUT2D eigenvalue weighted by Crippen LogP contribution is -2.29. The highest BCUT2D eigenvalue weighted by molar-refractivity contribution is 6.10. The number of fused-ring (bicyclic) bond motifs is 1. The molecule has 2 heterocycles. The second-order valence-corrected chi connectivity index (χ2v) is 9.30. The van der Waals surface area contributed by atoms with Crippen LogP contribution in [0.5, 0.6) is 11.6 Å². The van der Waals surface area contributed by atoms with Crippen LogP contribution in [0.3, 0.4) is 0 Å². The molecule has 2 N–H and O–H groups in total. The van der Waals surface area contributed by atoms with Gasteiger partial charge in [0.2, 0.25) is 11.8 Å². The highest BCUT2D eigenvalue weighted by atomic mass is 19.1. The van der Waals surface area contributed by atoms with E-state index < -0.39 is 5.82 Å². The molecule has 0 aliphatic carbocycles. The third kappa shape index (κ3) is 5.68. The van der Waals surface area contributed by atoms with Gasteiger partial charge in [0.15, 0.2) is 0 Å². The first-order valence-corrected chi connectivity index (χ1v) is 12.7. The van der Waals surface area contributed by atoms with Gasteiger partial charge in [0.1, 0.15) is 11.6 Å². The van der Waals surface area contributed by atoms with Gasteiger partial charge >= 0.3 is 0 Å². The molecule has 9 heteroatoms. The molecule has 0 bridgehead atoms. The average Bonchev–Trinajstić information content (AvgIpc) is 2.95. The topological polar surface area (TPSA) is 90.8 Å². The zero-order chi connectivity index (χ0) is 26.5. The molecule has 0 unspecified atom stereocenters. The van der Waals surface area contributed by atoms with Gasteiger partial charge in [0.25, 0.3) is 5.91 Å². The molecule has 1 aromatic heterocycles. The second kappa shape index (κ2) is 11.4. The largest absolute Gasteiger partial charge is 0.438 e. The SMILES string of the molecule is CN(CCO)c1nccc(Oc2ccc(NC(=O)c3cc(F)cc(N4CCCCC4)c3)c3ccccc23)n1. The first-order valence-electron chi connectivity index (χ1n) is 12.7. The smallest absolute Gasteiger partial charge is 0.255 e. The van der Waals surface area contributed by atoms with Gasteiger partial charge in [-0.3, -0.25) is 4.79 Å². The summed E-state index contributed by atoms with van der Waals surface area (Å²) in [5.41, 5.74) is 1.60.